The van der Waals surface area contributed by atoms with Gasteiger partial charge in [0, 0.05) is 23.5 Å². The van der Waals surface area contributed by atoms with Gasteiger partial charge in [0.25, 0.3) is 5.91 Å². The fourth-order valence-electron chi connectivity index (χ4n) is 2.13. The van der Waals surface area contributed by atoms with E-state index in [1.165, 1.54) is 0 Å². The molecule has 0 saturated carbocycles. The third-order valence-electron chi connectivity index (χ3n) is 3.43. The molecule has 5 nitrogen and oxygen atoms in total. The van der Waals surface area contributed by atoms with Crippen LogP contribution in [0.4, 0.5) is 0 Å². The van der Waals surface area contributed by atoms with E-state index in [9.17, 15) is 4.79 Å². The molecule has 1 aromatic heterocycles. The first-order valence-corrected chi connectivity index (χ1v) is 7.81. The van der Waals surface area contributed by atoms with Crippen LogP contribution in [0, 0.1) is 0 Å². The predicted molar refractivity (Wildman–Crippen MR) is 96.5 cm³/mol. The quantitative estimate of drug-likeness (QED) is 0.556. The lowest BCUT2D eigenvalue weighted by molar-refractivity contribution is 0.0955. The molecule has 1 amide bonds. The van der Waals surface area contributed by atoms with Crippen LogP contribution in [0.15, 0.2) is 84.2 Å². The number of nitrogens with one attached hydrogen (secondary N) is 1. The van der Waals surface area contributed by atoms with E-state index in [0.29, 0.717) is 17.9 Å². The van der Waals surface area contributed by atoms with Gasteiger partial charge in [0.1, 0.15) is 12.4 Å². The van der Waals surface area contributed by atoms with Gasteiger partial charge in [-0.2, -0.15) is 5.10 Å². The highest BCUT2D eigenvalue weighted by molar-refractivity contribution is 5.94. The number of amides is 1. The molecule has 0 unspecified atom stereocenters. The fourth-order valence-corrected chi connectivity index (χ4v) is 2.13. The standard InChI is InChI=1S/C20H17N3O2/c24-20(23-22-14-17-7-4-12-21-13-17)18-8-10-19(11-9-18)25-15-16-5-2-1-3-6-16/h1-14H,15H2,(H,23,24)/b22-14-. The molecule has 0 saturated heterocycles. The number of hydrazone groups is 1. The first-order valence-electron chi connectivity index (χ1n) is 7.81. The second-order valence-electron chi connectivity index (χ2n) is 5.28. The maximum absolute atomic E-state index is 12.0. The Bertz CT molecular complexity index is 832. The minimum absolute atomic E-state index is 0.283. The average molecular weight is 331 g/mol. The Morgan fingerprint density at radius 3 is 2.56 bits per heavy atom. The molecular formula is C20H17N3O2. The maximum Gasteiger partial charge on any atom is 0.271 e. The molecule has 0 aliphatic heterocycles. The molecule has 0 atom stereocenters. The molecule has 2 aromatic carbocycles. The number of carbonyl (C=O) groups is 1. The van der Waals surface area contributed by atoms with E-state index < -0.39 is 0 Å². The van der Waals surface area contributed by atoms with Gasteiger partial charge in [0.05, 0.1) is 6.21 Å². The van der Waals surface area contributed by atoms with Crippen molar-refractivity contribution in [1.82, 2.24) is 10.4 Å². The van der Waals surface area contributed by atoms with Gasteiger partial charge in [-0.15, -0.1) is 0 Å². The van der Waals surface area contributed by atoms with Gasteiger partial charge in [-0.1, -0.05) is 36.4 Å². The summed E-state index contributed by atoms with van der Waals surface area (Å²) in [5.74, 6) is 0.425. The third-order valence-corrected chi connectivity index (χ3v) is 3.43. The minimum atomic E-state index is -0.283. The first-order chi connectivity index (χ1) is 12.3. The van der Waals surface area contributed by atoms with Gasteiger partial charge in [0.2, 0.25) is 0 Å². The van der Waals surface area contributed by atoms with Crippen molar-refractivity contribution < 1.29 is 9.53 Å². The largest absolute Gasteiger partial charge is 0.489 e. The Morgan fingerprint density at radius 2 is 1.84 bits per heavy atom. The van der Waals surface area contributed by atoms with Crippen LogP contribution in [0.25, 0.3) is 0 Å². The van der Waals surface area contributed by atoms with Crippen molar-refractivity contribution in [2.45, 2.75) is 6.61 Å². The van der Waals surface area contributed by atoms with Gasteiger partial charge in [-0.3, -0.25) is 9.78 Å². The smallest absolute Gasteiger partial charge is 0.271 e. The summed E-state index contributed by atoms with van der Waals surface area (Å²) in [6.07, 6.45) is 4.88. The van der Waals surface area contributed by atoms with Crippen LogP contribution in [-0.4, -0.2) is 17.1 Å². The molecule has 1 N–H and O–H groups in total. The molecule has 3 aromatic rings. The van der Waals surface area contributed by atoms with E-state index in [0.717, 1.165) is 11.1 Å². The number of hydrogen-bond donors (Lipinski definition) is 1. The van der Waals surface area contributed by atoms with Crippen molar-refractivity contribution in [3.05, 3.63) is 95.8 Å². The summed E-state index contributed by atoms with van der Waals surface area (Å²) in [6, 6.07) is 20.5. The zero-order valence-electron chi connectivity index (χ0n) is 13.5. The number of benzene rings is 2. The number of nitrogens with zero attached hydrogens (tertiary/aromatic N) is 2. The van der Waals surface area contributed by atoms with Crippen LogP contribution in [0.2, 0.25) is 0 Å². The summed E-state index contributed by atoms with van der Waals surface area (Å²) >= 11 is 0. The van der Waals surface area contributed by atoms with Crippen LogP contribution in [0.3, 0.4) is 0 Å². The van der Waals surface area contributed by atoms with Crippen molar-refractivity contribution in [2.24, 2.45) is 5.10 Å². The molecule has 5 heteroatoms. The summed E-state index contributed by atoms with van der Waals surface area (Å²) in [4.78, 5) is 16.0. The summed E-state index contributed by atoms with van der Waals surface area (Å²) in [5.41, 5.74) is 4.90. The summed E-state index contributed by atoms with van der Waals surface area (Å²) in [5, 5.41) is 3.92. The monoisotopic (exact) mass is 331 g/mol. The van der Waals surface area contributed by atoms with Crippen molar-refractivity contribution in [2.75, 3.05) is 0 Å². The lowest BCUT2D eigenvalue weighted by atomic mass is 10.2. The number of aromatic nitrogens is 1. The molecule has 0 fully saturated rings. The van der Waals surface area contributed by atoms with Gasteiger partial charge >= 0.3 is 0 Å². The van der Waals surface area contributed by atoms with E-state index in [2.05, 4.69) is 15.5 Å². The second kappa shape index (κ2) is 8.40. The highest BCUT2D eigenvalue weighted by Crippen LogP contribution is 2.14. The molecule has 3 rings (SSSR count). The zero-order valence-corrected chi connectivity index (χ0v) is 13.5. The summed E-state index contributed by atoms with van der Waals surface area (Å²) < 4.78 is 5.70. The second-order valence-corrected chi connectivity index (χ2v) is 5.28. The van der Waals surface area contributed by atoms with Crippen LogP contribution < -0.4 is 10.2 Å². The first kappa shape index (κ1) is 16.4. The Morgan fingerprint density at radius 1 is 1.04 bits per heavy atom. The minimum Gasteiger partial charge on any atom is -0.489 e. The van der Waals surface area contributed by atoms with Gasteiger partial charge in [-0.25, -0.2) is 5.43 Å². The fraction of sp³-hybridized carbons (Fsp3) is 0.0500. The summed E-state index contributed by atoms with van der Waals surface area (Å²) in [7, 11) is 0. The van der Waals surface area contributed by atoms with Crippen molar-refractivity contribution in [1.29, 1.82) is 0 Å². The zero-order chi connectivity index (χ0) is 17.3. The molecule has 124 valence electrons. The normalized spacial score (nSPS) is 10.6. The van der Waals surface area contributed by atoms with Gasteiger partial charge < -0.3 is 4.74 Å². The highest BCUT2D eigenvalue weighted by Gasteiger charge is 2.04. The van der Waals surface area contributed by atoms with E-state index >= 15 is 0 Å². The molecule has 0 aliphatic rings. The van der Waals surface area contributed by atoms with Gasteiger partial charge in [0.15, 0.2) is 0 Å². The molecular weight excluding hydrogens is 314 g/mol. The number of ether oxygens (including phenoxy) is 1. The highest BCUT2D eigenvalue weighted by atomic mass is 16.5. The van der Waals surface area contributed by atoms with Crippen molar-refractivity contribution in [3.8, 4) is 5.75 Å². The van der Waals surface area contributed by atoms with Crippen molar-refractivity contribution >= 4 is 12.1 Å². The van der Waals surface area contributed by atoms with E-state index in [4.69, 9.17) is 4.74 Å². The molecule has 25 heavy (non-hydrogen) atoms. The van der Waals surface area contributed by atoms with Crippen LogP contribution in [-0.2, 0) is 6.61 Å². The lowest BCUT2D eigenvalue weighted by Gasteiger charge is -2.07. The van der Waals surface area contributed by atoms with Gasteiger partial charge in [-0.05, 0) is 35.9 Å². The number of rotatable bonds is 6. The lowest BCUT2D eigenvalue weighted by Crippen LogP contribution is -2.17. The number of hydrogen-bond acceptors (Lipinski definition) is 4. The molecule has 1 heterocycles. The van der Waals surface area contributed by atoms with Crippen LogP contribution >= 0.6 is 0 Å². The van der Waals surface area contributed by atoms with Crippen LogP contribution in [0.5, 0.6) is 5.75 Å². The van der Waals surface area contributed by atoms with E-state index in [-0.39, 0.29) is 5.91 Å². The molecule has 0 aliphatic carbocycles. The Labute approximate surface area is 146 Å². The molecule has 0 spiro atoms. The SMILES string of the molecule is O=C(N/N=C\c1cccnc1)c1ccc(OCc2ccccc2)cc1. The third kappa shape index (κ3) is 5.00. The molecule has 0 bridgehead atoms. The summed E-state index contributed by atoms with van der Waals surface area (Å²) in [6.45, 7) is 0.488. The van der Waals surface area contributed by atoms with E-state index in [1.54, 1.807) is 48.9 Å². The number of carbonyl (C=O) groups excluding carboxylic acids is 1. The van der Waals surface area contributed by atoms with Crippen LogP contribution in [0.1, 0.15) is 21.5 Å². The topological polar surface area (TPSA) is 63.6 Å². The van der Waals surface area contributed by atoms with Crippen molar-refractivity contribution in [3.63, 3.8) is 0 Å². The predicted octanol–water partition coefficient (Wildman–Crippen LogP) is 3.42. The molecule has 0 radical (unpaired) electrons. The Hall–Kier alpha value is -3.47. The maximum atomic E-state index is 12.0. The van der Waals surface area contributed by atoms with E-state index in [1.807, 2.05) is 36.4 Å². The Kier molecular flexibility index (Phi) is 5.51. The Balaban J connectivity index is 1.52. The number of pyridine rings is 1. The average Bonchev–Trinajstić information content (AvgIpc) is 2.68.